The van der Waals surface area contributed by atoms with E-state index in [4.69, 9.17) is 15.2 Å². The number of aromatic nitrogens is 4. The van der Waals surface area contributed by atoms with Crippen molar-refractivity contribution in [2.24, 2.45) is 0 Å². The Morgan fingerprint density at radius 2 is 1.76 bits per heavy atom. The van der Waals surface area contributed by atoms with Gasteiger partial charge in [-0.15, -0.1) is 0 Å². The Balaban J connectivity index is 1.59. The molecule has 0 saturated heterocycles. The fraction of sp³-hybridized carbons (Fsp3) is 0.190. The van der Waals surface area contributed by atoms with Gasteiger partial charge >= 0.3 is 0 Å². The minimum Gasteiger partial charge on any atom is -0.493 e. The Morgan fingerprint density at radius 1 is 1.03 bits per heavy atom. The SMILES string of the molecule is COc1cc2nc(NC(C)c3ccc(-n4cccn4)cc3)nc(N)c2cc1OC. The molecule has 8 nitrogen and oxygen atoms in total. The van der Waals surface area contributed by atoms with Crippen molar-refractivity contribution in [2.75, 3.05) is 25.3 Å². The highest BCUT2D eigenvalue weighted by molar-refractivity contribution is 5.91. The lowest BCUT2D eigenvalue weighted by Gasteiger charge is -2.16. The van der Waals surface area contributed by atoms with E-state index in [0.29, 0.717) is 34.2 Å². The Morgan fingerprint density at radius 3 is 2.41 bits per heavy atom. The highest BCUT2D eigenvalue weighted by Crippen LogP contribution is 2.34. The van der Waals surface area contributed by atoms with Crippen LogP contribution in [-0.2, 0) is 0 Å². The number of nitrogen functional groups attached to an aromatic ring is 1. The second kappa shape index (κ2) is 7.67. The third kappa shape index (κ3) is 3.64. The maximum absolute atomic E-state index is 6.16. The third-order valence-corrected chi connectivity index (χ3v) is 4.74. The Labute approximate surface area is 168 Å². The molecule has 1 unspecified atom stereocenters. The van der Waals surface area contributed by atoms with Gasteiger partial charge in [-0.05, 0) is 36.8 Å². The van der Waals surface area contributed by atoms with Gasteiger partial charge in [0.25, 0.3) is 0 Å². The number of nitrogens with zero attached hydrogens (tertiary/aromatic N) is 4. The molecule has 0 radical (unpaired) electrons. The molecule has 0 aliphatic heterocycles. The van der Waals surface area contributed by atoms with Gasteiger partial charge in [0.15, 0.2) is 11.5 Å². The summed E-state index contributed by atoms with van der Waals surface area (Å²) < 4.78 is 12.5. The first-order chi connectivity index (χ1) is 14.1. The quantitative estimate of drug-likeness (QED) is 0.519. The van der Waals surface area contributed by atoms with E-state index in [0.717, 1.165) is 11.3 Å². The van der Waals surface area contributed by atoms with Crippen LogP contribution in [-0.4, -0.2) is 34.0 Å². The molecule has 3 N–H and O–H groups in total. The van der Waals surface area contributed by atoms with Gasteiger partial charge in [-0.1, -0.05) is 12.1 Å². The Bertz CT molecular complexity index is 1130. The summed E-state index contributed by atoms with van der Waals surface area (Å²) in [4.78, 5) is 8.99. The van der Waals surface area contributed by atoms with Crippen LogP contribution in [0.5, 0.6) is 11.5 Å². The molecule has 0 aliphatic rings. The highest BCUT2D eigenvalue weighted by Gasteiger charge is 2.13. The number of fused-ring (bicyclic) bond motifs is 1. The summed E-state index contributed by atoms with van der Waals surface area (Å²) in [5, 5.41) is 8.27. The summed E-state index contributed by atoms with van der Waals surface area (Å²) in [6.07, 6.45) is 3.66. The van der Waals surface area contributed by atoms with Crippen molar-refractivity contribution in [3.8, 4) is 17.2 Å². The maximum Gasteiger partial charge on any atom is 0.225 e. The maximum atomic E-state index is 6.16. The lowest BCUT2D eigenvalue weighted by molar-refractivity contribution is 0.356. The van der Waals surface area contributed by atoms with Crippen LogP contribution < -0.4 is 20.5 Å². The van der Waals surface area contributed by atoms with E-state index < -0.39 is 0 Å². The summed E-state index contributed by atoms with van der Waals surface area (Å²) >= 11 is 0. The predicted molar refractivity (Wildman–Crippen MR) is 113 cm³/mol. The second-order valence-corrected chi connectivity index (χ2v) is 6.56. The zero-order valence-electron chi connectivity index (χ0n) is 16.5. The molecule has 0 aliphatic carbocycles. The molecule has 0 fully saturated rings. The lowest BCUT2D eigenvalue weighted by atomic mass is 10.1. The Hall–Kier alpha value is -3.81. The fourth-order valence-electron chi connectivity index (χ4n) is 3.16. The molecule has 0 spiro atoms. The fourth-order valence-corrected chi connectivity index (χ4v) is 3.16. The molecule has 148 valence electrons. The Kier molecular flexibility index (Phi) is 4.90. The molecule has 0 bridgehead atoms. The zero-order chi connectivity index (χ0) is 20.4. The molecular formula is C21H22N6O2. The van der Waals surface area contributed by atoms with Gasteiger partial charge in [0, 0.05) is 23.8 Å². The molecule has 2 aromatic carbocycles. The van der Waals surface area contributed by atoms with Gasteiger partial charge in [-0.25, -0.2) is 9.67 Å². The number of hydrogen-bond acceptors (Lipinski definition) is 7. The molecule has 0 amide bonds. The van der Waals surface area contributed by atoms with E-state index >= 15 is 0 Å². The topological polar surface area (TPSA) is 100 Å². The molecule has 4 aromatic rings. The van der Waals surface area contributed by atoms with E-state index in [9.17, 15) is 0 Å². The van der Waals surface area contributed by atoms with Gasteiger partial charge in [-0.3, -0.25) is 0 Å². The van der Waals surface area contributed by atoms with Crippen LogP contribution in [0.3, 0.4) is 0 Å². The first-order valence-corrected chi connectivity index (χ1v) is 9.15. The monoisotopic (exact) mass is 390 g/mol. The van der Waals surface area contributed by atoms with Crippen molar-refractivity contribution in [2.45, 2.75) is 13.0 Å². The van der Waals surface area contributed by atoms with Crippen LogP contribution in [0.1, 0.15) is 18.5 Å². The van der Waals surface area contributed by atoms with Gasteiger partial charge in [0.05, 0.1) is 31.5 Å². The average molecular weight is 390 g/mol. The largest absolute Gasteiger partial charge is 0.493 e. The van der Waals surface area contributed by atoms with E-state index in [-0.39, 0.29) is 6.04 Å². The minimum atomic E-state index is -0.0151. The number of nitrogens with two attached hydrogens (primary N) is 1. The van der Waals surface area contributed by atoms with Crippen LogP contribution in [0, 0.1) is 0 Å². The first kappa shape index (κ1) is 18.5. The van der Waals surface area contributed by atoms with Gasteiger partial charge < -0.3 is 20.5 Å². The van der Waals surface area contributed by atoms with Crippen molar-refractivity contribution >= 4 is 22.7 Å². The summed E-state index contributed by atoms with van der Waals surface area (Å²) in [5.41, 5.74) is 8.93. The van der Waals surface area contributed by atoms with E-state index in [1.807, 2.05) is 48.1 Å². The number of hydrogen-bond donors (Lipinski definition) is 2. The van der Waals surface area contributed by atoms with Crippen LogP contribution in [0.25, 0.3) is 16.6 Å². The van der Waals surface area contributed by atoms with Gasteiger partial charge in [-0.2, -0.15) is 10.1 Å². The van der Waals surface area contributed by atoms with E-state index in [1.54, 1.807) is 32.5 Å². The van der Waals surface area contributed by atoms with E-state index in [2.05, 4.69) is 20.4 Å². The number of anilines is 2. The number of nitrogens with one attached hydrogen (secondary N) is 1. The number of rotatable bonds is 6. The van der Waals surface area contributed by atoms with Crippen molar-refractivity contribution < 1.29 is 9.47 Å². The normalized spacial score (nSPS) is 12.0. The molecule has 2 heterocycles. The lowest BCUT2D eigenvalue weighted by Crippen LogP contribution is -2.11. The first-order valence-electron chi connectivity index (χ1n) is 9.15. The van der Waals surface area contributed by atoms with Crippen molar-refractivity contribution in [3.05, 3.63) is 60.4 Å². The van der Waals surface area contributed by atoms with Crippen molar-refractivity contribution in [1.29, 1.82) is 0 Å². The highest BCUT2D eigenvalue weighted by atomic mass is 16.5. The van der Waals surface area contributed by atoms with Crippen LogP contribution >= 0.6 is 0 Å². The number of methoxy groups -OCH3 is 2. The molecule has 8 heteroatoms. The predicted octanol–water partition coefficient (Wildman–Crippen LogP) is 3.59. The molecule has 29 heavy (non-hydrogen) atoms. The molecule has 4 rings (SSSR count). The van der Waals surface area contributed by atoms with Crippen molar-refractivity contribution in [1.82, 2.24) is 19.7 Å². The van der Waals surface area contributed by atoms with Crippen molar-refractivity contribution in [3.63, 3.8) is 0 Å². The molecular weight excluding hydrogens is 368 g/mol. The summed E-state index contributed by atoms with van der Waals surface area (Å²) in [7, 11) is 3.17. The van der Waals surface area contributed by atoms with Gasteiger partial charge in [0.2, 0.25) is 5.95 Å². The molecule has 0 saturated carbocycles. The zero-order valence-corrected chi connectivity index (χ0v) is 16.5. The molecule has 1 atom stereocenters. The van der Waals surface area contributed by atoms with E-state index in [1.165, 1.54) is 0 Å². The summed E-state index contributed by atoms with van der Waals surface area (Å²) in [5.74, 6) is 2.00. The third-order valence-electron chi connectivity index (χ3n) is 4.74. The molecule has 2 aromatic heterocycles. The van der Waals surface area contributed by atoms with Crippen LogP contribution in [0.4, 0.5) is 11.8 Å². The summed E-state index contributed by atoms with van der Waals surface area (Å²) in [6, 6.07) is 13.6. The standard InChI is InChI=1S/C21H22N6O2/c1-13(14-5-7-15(8-6-14)27-10-4-9-23-27)24-21-25-17-12-19(29-3)18(28-2)11-16(17)20(22)26-21/h4-13H,1-3H3,(H3,22,24,25,26). The van der Waals surface area contributed by atoms with Gasteiger partial charge in [0.1, 0.15) is 5.82 Å². The number of ether oxygens (including phenoxy) is 2. The van der Waals surface area contributed by atoms with Crippen LogP contribution in [0.15, 0.2) is 54.9 Å². The minimum absolute atomic E-state index is 0.0151. The second-order valence-electron chi connectivity index (χ2n) is 6.56. The van der Waals surface area contributed by atoms with Crippen LogP contribution in [0.2, 0.25) is 0 Å². The number of benzene rings is 2. The summed E-state index contributed by atoms with van der Waals surface area (Å²) in [6.45, 7) is 2.04. The average Bonchev–Trinajstić information content (AvgIpc) is 3.28. The smallest absolute Gasteiger partial charge is 0.225 e.